The van der Waals surface area contributed by atoms with Crippen LogP contribution >= 0.6 is 28.6 Å². The van der Waals surface area contributed by atoms with Gasteiger partial charge in [0.05, 0.1) is 6.42 Å². The maximum absolute atomic E-state index is 14.3. The van der Waals surface area contributed by atoms with E-state index < -0.39 is 65.7 Å². The summed E-state index contributed by atoms with van der Waals surface area (Å²) in [7, 11) is 0. The minimum atomic E-state index is -1.28. The number of halogens is 1. The first-order valence-electron chi connectivity index (χ1n) is 20.9. The number of carbonyl (C=O) groups is 6. The van der Waals surface area contributed by atoms with Crippen molar-refractivity contribution < 1.29 is 28.8 Å². The van der Waals surface area contributed by atoms with Crippen LogP contribution in [0.25, 0.3) is 10.9 Å². The molecule has 0 bridgehead atoms. The van der Waals surface area contributed by atoms with Crippen molar-refractivity contribution >= 4 is 86.8 Å². The summed E-state index contributed by atoms with van der Waals surface area (Å²) in [6, 6.07) is 15.9. The van der Waals surface area contributed by atoms with Crippen LogP contribution < -0.4 is 55.3 Å². The number of benzene rings is 3. The molecule has 0 spiro atoms. The molecule has 0 fully saturated rings. The molecule has 0 aliphatic rings. The second-order valence-corrected chi connectivity index (χ2v) is 16.7. The Kier molecular flexibility index (Phi) is 20.1. The van der Waals surface area contributed by atoms with E-state index in [1.54, 1.807) is 36.5 Å². The molecule has 5 atom stereocenters. The van der Waals surface area contributed by atoms with Crippen molar-refractivity contribution in [3.05, 3.63) is 106 Å². The van der Waals surface area contributed by atoms with Crippen LogP contribution in [0.2, 0.25) is 0 Å². The highest BCUT2D eigenvalue weighted by molar-refractivity contribution is 9.10. The van der Waals surface area contributed by atoms with E-state index in [0.29, 0.717) is 17.5 Å². The van der Waals surface area contributed by atoms with Gasteiger partial charge in [0.15, 0.2) is 11.9 Å². The first-order valence-corrected chi connectivity index (χ1v) is 22.3. The first kappa shape index (κ1) is 51.0. The third-order valence-corrected chi connectivity index (χ3v) is 11.1. The van der Waals surface area contributed by atoms with E-state index in [-0.39, 0.29) is 69.3 Å². The zero-order valence-corrected chi connectivity index (χ0v) is 38.5. The molecule has 1 heterocycles. The number of para-hydroxylation sites is 1. The van der Waals surface area contributed by atoms with Gasteiger partial charge in [0.25, 0.3) is 0 Å². The number of nitrogens with zero attached hydrogens (tertiary/aromatic N) is 2. The van der Waals surface area contributed by atoms with Crippen LogP contribution in [0.5, 0.6) is 0 Å². The van der Waals surface area contributed by atoms with Gasteiger partial charge in [-0.05, 0) is 67.5 Å². The number of aryl methyl sites for hydroxylation is 1. The molecule has 348 valence electrons. The number of aliphatic imine (C=N–C) groups is 2. The smallest absolute Gasteiger partial charge is 0.244 e. The number of aromatic amines is 1. The van der Waals surface area contributed by atoms with Gasteiger partial charge in [0.1, 0.15) is 30.2 Å². The van der Waals surface area contributed by atoms with E-state index >= 15 is 0 Å². The summed E-state index contributed by atoms with van der Waals surface area (Å²) in [5.41, 5.74) is 31.7. The molecule has 3 aromatic carbocycles. The van der Waals surface area contributed by atoms with E-state index in [9.17, 15) is 28.8 Å². The maximum Gasteiger partial charge on any atom is 0.244 e. The number of fused-ring (bicyclic) bond motifs is 1. The van der Waals surface area contributed by atoms with Crippen LogP contribution in [-0.2, 0) is 48.0 Å². The van der Waals surface area contributed by atoms with Crippen molar-refractivity contribution in [3.8, 4) is 0 Å². The van der Waals surface area contributed by atoms with Crippen LogP contribution in [-0.4, -0.2) is 101 Å². The van der Waals surface area contributed by atoms with Gasteiger partial charge in [-0.3, -0.25) is 38.8 Å². The van der Waals surface area contributed by atoms with Gasteiger partial charge in [-0.1, -0.05) is 76.1 Å². The summed E-state index contributed by atoms with van der Waals surface area (Å²) in [6.07, 6.45) is 2.42. The number of nitrogens with two attached hydrogens (primary N) is 5. The number of rotatable bonds is 25. The number of nitrogens with one attached hydrogen (secondary N) is 6. The number of hydrogen-bond acceptors (Lipinski definition) is 9. The second kappa shape index (κ2) is 25.6. The highest BCUT2D eigenvalue weighted by Crippen LogP contribution is 2.19. The van der Waals surface area contributed by atoms with Gasteiger partial charge < -0.3 is 60.2 Å². The molecular weight excluding hydrogens is 919 g/mol. The normalized spacial score (nSPS) is 13.2. The van der Waals surface area contributed by atoms with Crippen LogP contribution in [0, 0.1) is 6.92 Å². The van der Waals surface area contributed by atoms with Gasteiger partial charge in [-0.25, -0.2) is 0 Å². The fourth-order valence-corrected chi connectivity index (χ4v) is 7.52. The average Bonchev–Trinajstić information content (AvgIpc) is 3.67. The van der Waals surface area contributed by atoms with Gasteiger partial charge in [-0.2, -0.15) is 12.6 Å². The number of amides is 6. The Morgan fingerprint density at radius 2 is 1.20 bits per heavy atom. The maximum atomic E-state index is 14.3. The van der Waals surface area contributed by atoms with Crippen molar-refractivity contribution in [2.45, 2.75) is 82.1 Å². The Morgan fingerprint density at radius 1 is 0.646 bits per heavy atom. The lowest BCUT2D eigenvalue weighted by molar-refractivity contribution is -0.135. The molecule has 19 nitrogen and oxygen atoms in total. The van der Waals surface area contributed by atoms with E-state index in [1.165, 1.54) is 0 Å². The van der Waals surface area contributed by atoms with E-state index in [4.69, 9.17) is 28.7 Å². The Labute approximate surface area is 390 Å². The largest absolute Gasteiger partial charge is 0.370 e. The molecule has 0 aliphatic carbocycles. The average molecular weight is 977 g/mol. The predicted octanol–water partition coefficient (Wildman–Crippen LogP) is 0.213. The molecule has 21 heteroatoms. The van der Waals surface area contributed by atoms with Crippen LogP contribution in [0.3, 0.4) is 0 Å². The van der Waals surface area contributed by atoms with Crippen molar-refractivity contribution in [2.75, 3.05) is 18.8 Å². The van der Waals surface area contributed by atoms with Crippen molar-refractivity contribution in [1.82, 2.24) is 31.6 Å². The highest BCUT2D eigenvalue weighted by Gasteiger charge is 2.32. The van der Waals surface area contributed by atoms with Crippen LogP contribution in [0.4, 0.5) is 0 Å². The molecular formula is C44H58BrN13O6S. The number of guanidine groups is 2. The van der Waals surface area contributed by atoms with Crippen molar-refractivity contribution in [3.63, 3.8) is 0 Å². The highest BCUT2D eigenvalue weighted by atomic mass is 79.9. The van der Waals surface area contributed by atoms with Crippen LogP contribution in [0.1, 0.15) is 47.9 Å². The number of carbonyl (C=O) groups excluding carboxylic acids is 6. The molecule has 0 radical (unpaired) electrons. The Balaban J connectivity index is 1.56. The van der Waals surface area contributed by atoms with Crippen molar-refractivity contribution in [1.29, 1.82) is 0 Å². The number of aromatic nitrogens is 1. The topological polar surface area (TPSA) is 333 Å². The third kappa shape index (κ3) is 17.1. The molecule has 0 unspecified atom stereocenters. The van der Waals surface area contributed by atoms with Gasteiger partial charge in [0, 0.05) is 53.3 Å². The Morgan fingerprint density at radius 3 is 1.80 bits per heavy atom. The predicted molar refractivity (Wildman–Crippen MR) is 257 cm³/mol. The van der Waals surface area contributed by atoms with E-state index in [1.807, 2.05) is 49.4 Å². The molecule has 0 saturated carbocycles. The van der Waals surface area contributed by atoms with Gasteiger partial charge in [-0.15, -0.1) is 0 Å². The third-order valence-electron chi connectivity index (χ3n) is 10.2. The zero-order chi connectivity index (χ0) is 47.5. The molecule has 1 aromatic heterocycles. The summed E-state index contributed by atoms with van der Waals surface area (Å²) < 4.78 is 0.775. The molecule has 4 rings (SSSR count). The van der Waals surface area contributed by atoms with Crippen LogP contribution in [0.15, 0.2) is 93.5 Å². The first-order chi connectivity index (χ1) is 31.0. The minimum absolute atomic E-state index is 0.0169. The molecule has 6 amide bonds. The van der Waals surface area contributed by atoms with E-state index in [0.717, 1.165) is 26.5 Å². The fourth-order valence-electron chi connectivity index (χ4n) is 6.82. The molecule has 0 aliphatic heterocycles. The number of primary amides is 1. The summed E-state index contributed by atoms with van der Waals surface area (Å²) in [5.74, 6) is -4.61. The zero-order valence-electron chi connectivity index (χ0n) is 36.0. The minimum Gasteiger partial charge on any atom is -0.370 e. The Bertz CT molecular complexity index is 2330. The number of H-pyrrole nitrogens is 1. The summed E-state index contributed by atoms with van der Waals surface area (Å²) >= 11 is 7.73. The Hall–Kier alpha value is -6.61. The fraction of sp³-hybridized carbons (Fsp3) is 0.364. The van der Waals surface area contributed by atoms with Gasteiger partial charge in [0.2, 0.25) is 35.4 Å². The quantitative estimate of drug-likeness (QED) is 0.0185. The van der Waals surface area contributed by atoms with E-state index in [2.05, 4.69) is 70.1 Å². The SMILES string of the molecule is Cc1ccc(C[C@@H](NC(=O)[C@H](CCCN=C(N)N)NC(=O)[C@H](CCCN=C(N)N)NC(=O)Cc2cccc(Br)c2)C(=O)N[C@@H](CS)C(=O)N[C@@H](Cc2c[nH]c3ccccc23)C(N)=O)cc1. The summed E-state index contributed by atoms with van der Waals surface area (Å²) in [5, 5.41) is 14.5. The second-order valence-electron chi connectivity index (χ2n) is 15.4. The van der Waals surface area contributed by atoms with Crippen molar-refractivity contribution in [2.24, 2.45) is 38.7 Å². The monoisotopic (exact) mass is 975 g/mol. The lowest BCUT2D eigenvalue weighted by atomic mass is 10.0. The molecule has 65 heavy (non-hydrogen) atoms. The summed E-state index contributed by atoms with van der Waals surface area (Å²) in [4.78, 5) is 93.1. The lowest BCUT2D eigenvalue weighted by Crippen LogP contribution is -2.60. The standard InChI is InChI=1S/C44H58BrN13O6S/c1-25-13-15-26(16-14-25)20-35(41(63)58-36(24-65)42(64)56-34(38(46)60)22-28-23-53-31-10-3-2-9-30(28)31)57-40(62)33(12-6-18-52-44(49)50)55-39(61)32(11-5-17-51-43(47)48)54-37(59)21-27-7-4-8-29(45)19-27/h2-4,7-10,13-16,19,23,32-36,53,65H,5-6,11-12,17-18,20-22,24H2,1H3,(H2,46,60)(H,54,59)(H,55,61)(H,56,64)(H,57,62)(H,58,63)(H4,47,48,51)(H4,49,50,52)/t32-,33-,34-,35+,36-/m0/s1. The molecule has 0 saturated heterocycles. The number of hydrogen-bond donors (Lipinski definition) is 12. The van der Waals surface area contributed by atoms with Gasteiger partial charge >= 0.3 is 0 Å². The summed E-state index contributed by atoms with van der Waals surface area (Å²) in [6.45, 7) is 2.19. The molecule has 4 aromatic rings. The number of thiol groups is 1. The lowest BCUT2D eigenvalue weighted by Gasteiger charge is -2.27. The molecule has 16 N–H and O–H groups in total.